The van der Waals surface area contributed by atoms with Crippen LogP contribution in [-0.2, 0) is 16.0 Å². The highest BCUT2D eigenvalue weighted by atomic mass is 32.1. The lowest BCUT2D eigenvalue weighted by Gasteiger charge is -2.57. The molecule has 1 aromatic heterocycles. The first-order valence-corrected chi connectivity index (χ1v) is 8.29. The quantitative estimate of drug-likeness (QED) is 0.837. The van der Waals surface area contributed by atoms with E-state index in [-0.39, 0.29) is 17.4 Å². The highest BCUT2D eigenvalue weighted by molar-refractivity contribution is 7.09. The molecule has 0 saturated heterocycles. The van der Waals surface area contributed by atoms with Gasteiger partial charge in [0.15, 0.2) is 0 Å². The Morgan fingerprint density at radius 2 is 2.33 bits per heavy atom. The van der Waals surface area contributed by atoms with Crippen LogP contribution in [0.1, 0.15) is 37.9 Å². The summed E-state index contributed by atoms with van der Waals surface area (Å²) in [4.78, 5) is 16.8. The number of thiazole rings is 1. The van der Waals surface area contributed by atoms with Crippen LogP contribution in [0.15, 0.2) is 5.38 Å². The van der Waals surface area contributed by atoms with Crippen LogP contribution in [0.2, 0.25) is 0 Å². The van der Waals surface area contributed by atoms with Gasteiger partial charge in [0.25, 0.3) is 0 Å². The second-order valence-corrected chi connectivity index (χ2v) is 7.17. The van der Waals surface area contributed by atoms with Crippen LogP contribution in [0.3, 0.4) is 0 Å². The molecule has 1 aromatic rings. The molecule has 21 heavy (non-hydrogen) atoms. The molecule has 6 heteroatoms. The van der Waals surface area contributed by atoms with E-state index in [1.165, 1.54) is 0 Å². The van der Waals surface area contributed by atoms with E-state index >= 15 is 0 Å². The zero-order valence-corrected chi connectivity index (χ0v) is 14.0. The smallest absolute Gasteiger partial charge is 0.240 e. The molecule has 1 saturated carbocycles. The van der Waals surface area contributed by atoms with Gasteiger partial charge in [-0.3, -0.25) is 4.79 Å². The normalized spacial score (nSPS) is 27.2. The van der Waals surface area contributed by atoms with Crippen LogP contribution in [0, 0.1) is 12.3 Å². The van der Waals surface area contributed by atoms with Crippen molar-refractivity contribution in [3.05, 3.63) is 16.1 Å². The van der Waals surface area contributed by atoms with E-state index < -0.39 is 5.54 Å². The van der Waals surface area contributed by atoms with Crippen molar-refractivity contribution in [3.8, 4) is 0 Å². The van der Waals surface area contributed by atoms with Crippen LogP contribution >= 0.6 is 11.3 Å². The van der Waals surface area contributed by atoms with E-state index in [0.717, 1.165) is 17.1 Å². The number of hydrogen-bond acceptors (Lipinski definition) is 5. The Morgan fingerprint density at radius 1 is 1.62 bits per heavy atom. The Kier molecular flexibility index (Phi) is 4.70. The minimum atomic E-state index is -0.842. The number of nitrogens with zero attached hydrogens (tertiary/aromatic N) is 1. The van der Waals surface area contributed by atoms with Gasteiger partial charge in [0.05, 0.1) is 11.1 Å². The Labute approximate surface area is 130 Å². The molecule has 2 atom stereocenters. The average Bonchev–Trinajstić information content (AvgIpc) is 2.83. The fraction of sp³-hybridized carbons (Fsp3) is 0.733. The molecule has 0 aromatic carbocycles. The van der Waals surface area contributed by atoms with Crippen LogP contribution in [0.5, 0.6) is 0 Å². The molecule has 1 heterocycles. The number of rotatable bonds is 6. The summed E-state index contributed by atoms with van der Waals surface area (Å²) in [6, 6.07) is 0. The van der Waals surface area contributed by atoms with Crippen molar-refractivity contribution >= 4 is 17.2 Å². The monoisotopic (exact) mass is 311 g/mol. The highest BCUT2D eigenvalue weighted by Gasteiger charge is 2.62. The minimum Gasteiger partial charge on any atom is -0.378 e. The second-order valence-electron chi connectivity index (χ2n) is 6.23. The van der Waals surface area contributed by atoms with Crippen molar-refractivity contribution < 1.29 is 9.53 Å². The number of nitrogens with one attached hydrogen (secondary N) is 1. The van der Waals surface area contributed by atoms with Crippen molar-refractivity contribution in [2.24, 2.45) is 11.1 Å². The lowest BCUT2D eigenvalue weighted by molar-refractivity contribution is -0.170. The summed E-state index contributed by atoms with van der Waals surface area (Å²) in [6.07, 6.45) is 1.38. The number of nitrogens with two attached hydrogens (primary N) is 1. The van der Waals surface area contributed by atoms with Crippen molar-refractivity contribution in [1.29, 1.82) is 0 Å². The van der Waals surface area contributed by atoms with Gasteiger partial charge in [0.2, 0.25) is 5.91 Å². The van der Waals surface area contributed by atoms with Crippen molar-refractivity contribution in [1.82, 2.24) is 10.3 Å². The van der Waals surface area contributed by atoms with Gasteiger partial charge < -0.3 is 15.8 Å². The number of hydrogen-bond donors (Lipinski definition) is 2. The predicted molar refractivity (Wildman–Crippen MR) is 84.3 cm³/mol. The van der Waals surface area contributed by atoms with Gasteiger partial charge in [-0.2, -0.15) is 0 Å². The number of aromatic nitrogens is 1. The molecule has 1 amide bonds. The molecule has 0 bridgehead atoms. The molecule has 0 spiro atoms. The maximum atomic E-state index is 12.4. The summed E-state index contributed by atoms with van der Waals surface area (Å²) in [7, 11) is 0. The molecule has 0 aliphatic heterocycles. The first kappa shape index (κ1) is 16.4. The van der Waals surface area contributed by atoms with Crippen molar-refractivity contribution in [2.45, 2.75) is 52.2 Å². The molecule has 118 valence electrons. The summed E-state index contributed by atoms with van der Waals surface area (Å²) >= 11 is 1.62. The lowest BCUT2D eigenvalue weighted by Crippen LogP contribution is -2.75. The van der Waals surface area contributed by atoms with E-state index in [0.29, 0.717) is 19.6 Å². The van der Waals surface area contributed by atoms with Crippen LogP contribution in [-0.4, -0.2) is 35.7 Å². The highest BCUT2D eigenvalue weighted by Crippen LogP contribution is 2.49. The van der Waals surface area contributed by atoms with E-state index in [2.05, 4.69) is 10.3 Å². The number of aryl methyl sites for hydroxylation is 1. The number of amides is 1. The maximum absolute atomic E-state index is 12.4. The largest absolute Gasteiger partial charge is 0.378 e. The number of carbonyl (C=O) groups excluding carboxylic acids is 1. The van der Waals surface area contributed by atoms with Crippen molar-refractivity contribution in [2.75, 3.05) is 13.2 Å². The Morgan fingerprint density at radius 3 is 2.86 bits per heavy atom. The SMILES string of the molecule is CCOC1CC(N)(C(=O)NCCc2nc(C)cs2)C1(C)C. The number of carbonyl (C=O) groups is 1. The standard InChI is InChI=1S/C15H25N3O2S/c1-5-20-11-8-15(16,14(11,3)4)13(19)17-7-6-12-18-10(2)9-21-12/h9,11H,5-8,16H2,1-4H3,(H,17,19). The summed E-state index contributed by atoms with van der Waals surface area (Å²) < 4.78 is 5.65. The van der Waals surface area contributed by atoms with Crippen LogP contribution in [0.4, 0.5) is 0 Å². The summed E-state index contributed by atoms with van der Waals surface area (Å²) in [5.74, 6) is -0.0864. The van der Waals surface area contributed by atoms with Gasteiger partial charge in [-0.15, -0.1) is 11.3 Å². The molecule has 1 aliphatic rings. The van der Waals surface area contributed by atoms with Crippen LogP contribution in [0.25, 0.3) is 0 Å². The van der Waals surface area contributed by atoms with E-state index in [4.69, 9.17) is 10.5 Å². The first-order valence-electron chi connectivity index (χ1n) is 7.41. The molecular weight excluding hydrogens is 286 g/mol. The van der Waals surface area contributed by atoms with Crippen LogP contribution < -0.4 is 11.1 Å². The Hall–Kier alpha value is -0.980. The fourth-order valence-corrected chi connectivity index (χ4v) is 3.55. The summed E-state index contributed by atoms with van der Waals surface area (Å²) in [5.41, 5.74) is 6.16. The molecular formula is C15H25N3O2S. The molecule has 2 rings (SSSR count). The molecule has 5 nitrogen and oxygen atoms in total. The average molecular weight is 311 g/mol. The molecule has 0 radical (unpaired) electrons. The third-order valence-electron chi connectivity index (χ3n) is 4.53. The molecule has 1 aliphatic carbocycles. The topological polar surface area (TPSA) is 77.2 Å². The molecule has 2 unspecified atom stereocenters. The van der Waals surface area contributed by atoms with E-state index in [1.54, 1.807) is 11.3 Å². The third-order valence-corrected chi connectivity index (χ3v) is 5.55. The zero-order valence-electron chi connectivity index (χ0n) is 13.2. The van der Waals surface area contributed by atoms with Gasteiger partial charge in [0.1, 0.15) is 5.54 Å². The molecule has 1 fully saturated rings. The lowest BCUT2D eigenvalue weighted by atomic mass is 9.54. The van der Waals surface area contributed by atoms with Gasteiger partial charge in [0, 0.05) is 42.5 Å². The second kappa shape index (κ2) is 6.02. The van der Waals surface area contributed by atoms with Crippen molar-refractivity contribution in [3.63, 3.8) is 0 Å². The first-order chi connectivity index (χ1) is 9.81. The number of ether oxygens (including phenoxy) is 1. The summed E-state index contributed by atoms with van der Waals surface area (Å²) in [5, 5.41) is 6.01. The predicted octanol–water partition coefficient (Wildman–Crippen LogP) is 1.64. The summed E-state index contributed by atoms with van der Waals surface area (Å²) in [6.45, 7) is 9.15. The maximum Gasteiger partial charge on any atom is 0.240 e. The zero-order chi connectivity index (χ0) is 15.7. The fourth-order valence-electron chi connectivity index (χ4n) is 2.78. The van der Waals surface area contributed by atoms with Gasteiger partial charge in [-0.05, 0) is 13.8 Å². The third kappa shape index (κ3) is 2.98. The Bertz CT molecular complexity index is 515. The van der Waals surface area contributed by atoms with E-state index in [1.807, 2.05) is 33.1 Å². The van der Waals surface area contributed by atoms with Gasteiger partial charge in [-0.1, -0.05) is 13.8 Å². The van der Waals surface area contributed by atoms with Gasteiger partial charge in [-0.25, -0.2) is 4.98 Å². The van der Waals surface area contributed by atoms with E-state index in [9.17, 15) is 4.79 Å². The van der Waals surface area contributed by atoms with Gasteiger partial charge >= 0.3 is 0 Å². The minimum absolute atomic E-state index is 0.0554. The molecule has 3 N–H and O–H groups in total. The Balaban J connectivity index is 1.86.